The lowest BCUT2D eigenvalue weighted by atomic mass is 10.1. The number of methoxy groups -OCH3 is 1. The Labute approximate surface area is 154 Å². The molecule has 0 bridgehead atoms. The number of halogens is 1. The number of nitrogens with zero attached hydrogens (tertiary/aromatic N) is 2. The molecule has 0 aliphatic heterocycles. The molecular weight excluding hydrogens is 403 g/mol. The van der Waals surface area contributed by atoms with E-state index in [0.717, 1.165) is 18.1 Å². The highest BCUT2D eigenvalue weighted by molar-refractivity contribution is 14.0. The maximum Gasteiger partial charge on any atom is 0.218 e. The Balaban J connectivity index is 0.00000264. The molecule has 0 radical (unpaired) electrons. The fraction of sp³-hybridized carbons (Fsp3) is 0.294. The van der Waals surface area contributed by atoms with E-state index in [-0.39, 0.29) is 24.0 Å². The Morgan fingerprint density at radius 3 is 2.39 bits per heavy atom. The first kappa shape index (κ1) is 19.2. The first-order valence-corrected chi connectivity index (χ1v) is 7.21. The van der Waals surface area contributed by atoms with Gasteiger partial charge in [-0.2, -0.15) is 0 Å². The van der Waals surface area contributed by atoms with Gasteiger partial charge in [0, 0.05) is 31.9 Å². The van der Waals surface area contributed by atoms with Crippen molar-refractivity contribution in [2.75, 3.05) is 14.2 Å². The van der Waals surface area contributed by atoms with E-state index in [1.54, 1.807) is 20.4 Å². The highest BCUT2D eigenvalue weighted by Crippen LogP contribution is 2.12. The third-order valence-corrected chi connectivity index (χ3v) is 3.42. The zero-order valence-electron chi connectivity index (χ0n) is 13.7. The van der Waals surface area contributed by atoms with Gasteiger partial charge in [-0.25, -0.2) is 4.98 Å². The van der Waals surface area contributed by atoms with Crippen LogP contribution in [0.3, 0.4) is 0 Å². The Morgan fingerprint density at radius 2 is 1.74 bits per heavy atom. The number of hydrogen-bond acceptors (Lipinski definition) is 3. The van der Waals surface area contributed by atoms with E-state index >= 15 is 0 Å². The monoisotopic (exact) mass is 426 g/mol. The van der Waals surface area contributed by atoms with Gasteiger partial charge in [0.1, 0.15) is 0 Å². The van der Waals surface area contributed by atoms with Gasteiger partial charge in [-0.15, -0.1) is 24.0 Å². The van der Waals surface area contributed by atoms with Gasteiger partial charge < -0.3 is 15.4 Å². The van der Waals surface area contributed by atoms with Crippen molar-refractivity contribution in [1.29, 1.82) is 0 Å². The van der Waals surface area contributed by atoms with Crippen LogP contribution in [0.2, 0.25) is 0 Å². The van der Waals surface area contributed by atoms with E-state index in [9.17, 15) is 0 Å². The van der Waals surface area contributed by atoms with Gasteiger partial charge in [0.25, 0.3) is 0 Å². The normalized spacial score (nSPS) is 10.7. The zero-order chi connectivity index (χ0) is 15.8. The summed E-state index contributed by atoms with van der Waals surface area (Å²) < 4.78 is 5.24. The first-order valence-electron chi connectivity index (χ1n) is 7.21. The van der Waals surface area contributed by atoms with E-state index < -0.39 is 0 Å². The number of ether oxygens (including phenoxy) is 1. The smallest absolute Gasteiger partial charge is 0.218 e. The molecule has 0 atom stereocenters. The van der Waals surface area contributed by atoms with E-state index in [1.165, 1.54) is 11.1 Å². The second kappa shape index (κ2) is 10.0. The van der Waals surface area contributed by atoms with Crippen LogP contribution in [-0.2, 0) is 13.1 Å². The number of guanidine groups is 1. The van der Waals surface area contributed by atoms with Crippen molar-refractivity contribution < 1.29 is 4.74 Å². The minimum atomic E-state index is 0. The third-order valence-electron chi connectivity index (χ3n) is 3.42. The van der Waals surface area contributed by atoms with Crippen LogP contribution >= 0.6 is 24.0 Å². The molecule has 2 N–H and O–H groups in total. The molecule has 2 aromatic rings. The van der Waals surface area contributed by atoms with Gasteiger partial charge in [-0.1, -0.05) is 30.3 Å². The van der Waals surface area contributed by atoms with Crippen molar-refractivity contribution in [2.45, 2.75) is 20.0 Å². The van der Waals surface area contributed by atoms with E-state index in [2.05, 4.69) is 39.7 Å². The summed E-state index contributed by atoms with van der Waals surface area (Å²) >= 11 is 0. The fourth-order valence-corrected chi connectivity index (χ4v) is 2.13. The number of aliphatic imine (C=N–C) groups is 1. The average Bonchev–Trinajstić information content (AvgIpc) is 2.56. The lowest BCUT2D eigenvalue weighted by molar-refractivity contribution is 0.392. The largest absolute Gasteiger partial charge is 0.481 e. The van der Waals surface area contributed by atoms with Crippen molar-refractivity contribution in [2.24, 2.45) is 4.99 Å². The summed E-state index contributed by atoms with van der Waals surface area (Å²) in [5.74, 6) is 1.37. The molecular formula is C17H23IN4O. The van der Waals surface area contributed by atoms with Crippen LogP contribution in [0.5, 0.6) is 5.88 Å². The molecule has 23 heavy (non-hydrogen) atoms. The van der Waals surface area contributed by atoms with E-state index in [1.807, 2.05) is 24.3 Å². The molecule has 1 aromatic heterocycles. The van der Waals surface area contributed by atoms with Crippen LogP contribution < -0.4 is 15.4 Å². The molecule has 6 heteroatoms. The Hall–Kier alpha value is -1.83. The Bertz CT molecular complexity index is 646. The number of nitrogens with one attached hydrogen (secondary N) is 2. The second-order valence-electron chi connectivity index (χ2n) is 4.88. The first-order chi connectivity index (χ1) is 10.7. The summed E-state index contributed by atoms with van der Waals surface area (Å²) in [6.07, 6.45) is 1.72. The number of hydrogen-bond donors (Lipinski definition) is 2. The fourth-order valence-electron chi connectivity index (χ4n) is 2.13. The Morgan fingerprint density at radius 1 is 1.09 bits per heavy atom. The SMILES string of the molecule is CN=C(NCc1ccccc1C)NCc1cccnc1OC.I. The highest BCUT2D eigenvalue weighted by Gasteiger charge is 2.05. The Kier molecular flexibility index (Phi) is 8.39. The molecule has 0 unspecified atom stereocenters. The summed E-state index contributed by atoms with van der Waals surface area (Å²) in [4.78, 5) is 8.42. The summed E-state index contributed by atoms with van der Waals surface area (Å²) in [5.41, 5.74) is 3.51. The summed E-state index contributed by atoms with van der Waals surface area (Å²) in [6, 6.07) is 12.2. The molecule has 0 saturated heterocycles. The average molecular weight is 426 g/mol. The van der Waals surface area contributed by atoms with Crippen molar-refractivity contribution >= 4 is 29.9 Å². The molecule has 124 valence electrons. The lowest BCUT2D eigenvalue weighted by Gasteiger charge is -2.14. The maximum absolute atomic E-state index is 5.24. The quantitative estimate of drug-likeness (QED) is 0.439. The van der Waals surface area contributed by atoms with Crippen molar-refractivity contribution in [3.05, 3.63) is 59.3 Å². The summed E-state index contributed by atoms with van der Waals surface area (Å²) in [7, 11) is 3.38. The molecule has 1 aromatic carbocycles. The number of benzene rings is 1. The van der Waals surface area contributed by atoms with Gasteiger partial charge in [0.15, 0.2) is 5.96 Å². The zero-order valence-corrected chi connectivity index (χ0v) is 16.0. The van der Waals surface area contributed by atoms with E-state index in [0.29, 0.717) is 12.4 Å². The number of pyridine rings is 1. The molecule has 0 fully saturated rings. The van der Waals surface area contributed by atoms with Crippen LogP contribution in [-0.4, -0.2) is 25.1 Å². The van der Waals surface area contributed by atoms with E-state index in [4.69, 9.17) is 4.74 Å². The van der Waals surface area contributed by atoms with Crippen LogP contribution in [0.4, 0.5) is 0 Å². The molecule has 0 aliphatic carbocycles. The molecule has 0 aliphatic rings. The number of rotatable bonds is 5. The van der Waals surface area contributed by atoms with Crippen LogP contribution in [0, 0.1) is 6.92 Å². The van der Waals surface area contributed by atoms with Gasteiger partial charge in [-0.05, 0) is 24.1 Å². The van der Waals surface area contributed by atoms with Crippen molar-refractivity contribution in [3.63, 3.8) is 0 Å². The standard InChI is InChI=1S/C17H22N4O.HI/c1-13-7-4-5-8-14(13)11-20-17(18-2)21-12-15-9-6-10-19-16(15)22-3;/h4-10H,11-12H2,1-3H3,(H2,18,20,21);1H. The summed E-state index contributed by atoms with van der Waals surface area (Å²) in [5, 5.41) is 6.58. The molecule has 1 heterocycles. The predicted octanol–water partition coefficient (Wildman–Crippen LogP) is 2.88. The lowest BCUT2D eigenvalue weighted by Crippen LogP contribution is -2.36. The maximum atomic E-state index is 5.24. The van der Waals surface area contributed by atoms with Gasteiger partial charge in [0.05, 0.1) is 7.11 Å². The predicted molar refractivity (Wildman–Crippen MR) is 104 cm³/mol. The number of aromatic nitrogens is 1. The van der Waals surface area contributed by atoms with Crippen molar-refractivity contribution in [1.82, 2.24) is 15.6 Å². The topological polar surface area (TPSA) is 58.5 Å². The molecule has 5 nitrogen and oxygen atoms in total. The second-order valence-corrected chi connectivity index (χ2v) is 4.88. The van der Waals surface area contributed by atoms with Gasteiger partial charge in [-0.3, -0.25) is 4.99 Å². The summed E-state index contributed by atoms with van der Waals surface area (Å²) in [6.45, 7) is 3.44. The van der Waals surface area contributed by atoms with Crippen LogP contribution in [0.1, 0.15) is 16.7 Å². The molecule has 0 spiro atoms. The highest BCUT2D eigenvalue weighted by atomic mass is 127. The van der Waals surface area contributed by atoms with Crippen molar-refractivity contribution in [3.8, 4) is 5.88 Å². The minimum Gasteiger partial charge on any atom is -0.481 e. The molecule has 0 amide bonds. The van der Waals surface area contributed by atoms with Crippen LogP contribution in [0.25, 0.3) is 0 Å². The van der Waals surface area contributed by atoms with Gasteiger partial charge >= 0.3 is 0 Å². The third kappa shape index (κ3) is 5.70. The number of aryl methyl sites for hydroxylation is 1. The van der Waals surface area contributed by atoms with Crippen LogP contribution in [0.15, 0.2) is 47.6 Å². The molecule has 0 saturated carbocycles. The minimum absolute atomic E-state index is 0. The molecule has 2 rings (SSSR count). The van der Waals surface area contributed by atoms with Gasteiger partial charge in [0.2, 0.25) is 5.88 Å².